The third-order valence-electron chi connectivity index (χ3n) is 2.82. The quantitative estimate of drug-likeness (QED) is 0.681. The lowest BCUT2D eigenvalue weighted by Crippen LogP contribution is -2.33. The molecule has 1 saturated heterocycles. The van der Waals surface area contributed by atoms with Crippen molar-refractivity contribution in [2.24, 2.45) is 5.73 Å². The van der Waals surface area contributed by atoms with Gasteiger partial charge in [0.15, 0.2) is 0 Å². The number of ether oxygens (including phenoxy) is 1. The molecule has 1 heterocycles. The average Bonchev–Trinajstić information content (AvgIpc) is 2.15. The van der Waals surface area contributed by atoms with Gasteiger partial charge in [0.2, 0.25) is 0 Å². The summed E-state index contributed by atoms with van der Waals surface area (Å²) < 4.78 is 5.75. The Morgan fingerprint density at radius 3 is 3.00 bits per heavy atom. The molecule has 0 aromatic carbocycles. The third kappa shape index (κ3) is 3.12. The molecular formula is C11H21NO. The van der Waals surface area contributed by atoms with Crippen LogP contribution in [0.25, 0.3) is 0 Å². The fourth-order valence-corrected chi connectivity index (χ4v) is 1.74. The van der Waals surface area contributed by atoms with Crippen LogP contribution in [0.1, 0.15) is 39.5 Å². The summed E-state index contributed by atoms with van der Waals surface area (Å²) in [6, 6.07) is 0. The molecule has 0 radical (unpaired) electrons. The maximum absolute atomic E-state index is 5.75. The molecule has 0 aromatic rings. The Balaban J connectivity index is 2.51. The molecule has 0 amide bonds. The van der Waals surface area contributed by atoms with E-state index in [1.165, 1.54) is 5.57 Å². The van der Waals surface area contributed by atoms with Gasteiger partial charge in [-0.2, -0.15) is 0 Å². The summed E-state index contributed by atoms with van der Waals surface area (Å²) in [7, 11) is 0. The van der Waals surface area contributed by atoms with E-state index in [1.54, 1.807) is 0 Å². The summed E-state index contributed by atoms with van der Waals surface area (Å²) in [5.41, 5.74) is 7.08. The Morgan fingerprint density at radius 2 is 2.38 bits per heavy atom. The molecule has 2 nitrogen and oxygen atoms in total. The van der Waals surface area contributed by atoms with Crippen LogP contribution in [-0.4, -0.2) is 18.8 Å². The van der Waals surface area contributed by atoms with Crippen LogP contribution in [0.15, 0.2) is 11.6 Å². The second-order valence-electron chi connectivity index (χ2n) is 4.02. The van der Waals surface area contributed by atoms with E-state index >= 15 is 0 Å². The first-order valence-corrected chi connectivity index (χ1v) is 5.22. The highest BCUT2D eigenvalue weighted by Gasteiger charge is 2.27. The first kappa shape index (κ1) is 10.7. The molecule has 0 spiro atoms. The van der Waals surface area contributed by atoms with Gasteiger partial charge >= 0.3 is 0 Å². The zero-order valence-electron chi connectivity index (χ0n) is 8.81. The van der Waals surface area contributed by atoms with Crippen molar-refractivity contribution in [1.29, 1.82) is 0 Å². The van der Waals surface area contributed by atoms with E-state index in [9.17, 15) is 0 Å². The Labute approximate surface area is 81.1 Å². The highest BCUT2D eigenvalue weighted by Crippen LogP contribution is 2.31. The Kier molecular flexibility index (Phi) is 3.94. The van der Waals surface area contributed by atoms with Crippen molar-refractivity contribution < 1.29 is 4.74 Å². The van der Waals surface area contributed by atoms with Gasteiger partial charge in [-0.05, 0) is 39.2 Å². The number of rotatable bonds is 3. The molecule has 2 N–H and O–H groups in total. The lowest BCUT2D eigenvalue weighted by molar-refractivity contribution is -0.0499. The summed E-state index contributed by atoms with van der Waals surface area (Å²) in [6.07, 6.45) is 6.57. The van der Waals surface area contributed by atoms with E-state index < -0.39 is 0 Å². The van der Waals surface area contributed by atoms with Crippen molar-refractivity contribution in [2.75, 3.05) is 13.2 Å². The van der Waals surface area contributed by atoms with Gasteiger partial charge in [-0.25, -0.2) is 0 Å². The zero-order valence-corrected chi connectivity index (χ0v) is 8.81. The minimum atomic E-state index is 0.0820. The molecule has 0 bridgehead atoms. The molecule has 1 aliphatic rings. The van der Waals surface area contributed by atoms with E-state index in [2.05, 4.69) is 19.9 Å². The minimum Gasteiger partial charge on any atom is -0.375 e. The average molecular weight is 183 g/mol. The minimum absolute atomic E-state index is 0.0820. The van der Waals surface area contributed by atoms with Crippen LogP contribution in [0, 0.1) is 0 Å². The Bertz CT molecular complexity index is 189. The molecule has 1 unspecified atom stereocenters. The van der Waals surface area contributed by atoms with Crippen molar-refractivity contribution >= 4 is 0 Å². The SMILES string of the molecule is CCC1(C)C/C(=C\CCN)CCO1. The van der Waals surface area contributed by atoms with E-state index in [0.717, 1.165) is 38.8 Å². The van der Waals surface area contributed by atoms with Gasteiger partial charge in [0.05, 0.1) is 12.2 Å². The maximum Gasteiger partial charge on any atom is 0.0689 e. The van der Waals surface area contributed by atoms with Gasteiger partial charge in [0.1, 0.15) is 0 Å². The monoisotopic (exact) mass is 183 g/mol. The summed E-state index contributed by atoms with van der Waals surface area (Å²) in [6.45, 7) is 6.02. The van der Waals surface area contributed by atoms with Gasteiger partial charge < -0.3 is 10.5 Å². The molecular weight excluding hydrogens is 162 g/mol. The standard InChI is InChI=1S/C11H21NO/c1-3-11(2)9-10(5-4-7-12)6-8-13-11/h5H,3-4,6-9,12H2,1-2H3/b10-5-. The normalized spacial score (nSPS) is 32.4. The van der Waals surface area contributed by atoms with Crippen LogP contribution in [0.3, 0.4) is 0 Å². The van der Waals surface area contributed by atoms with Crippen LogP contribution in [0.5, 0.6) is 0 Å². The third-order valence-corrected chi connectivity index (χ3v) is 2.82. The summed E-state index contributed by atoms with van der Waals surface area (Å²) in [5.74, 6) is 0. The fourth-order valence-electron chi connectivity index (χ4n) is 1.74. The second-order valence-corrected chi connectivity index (χ2v) is 4.02. The zero-order chi connectivity index (χ0) is 9.73. The first-order valence-electron chi connectivity index (χ1n) is 5.22. The molecule has 1 rings (SSSR count). The summed E-state index contributed by atoms with van der Waals surface area (Å²) in [5, 5.41) is 0. The molecule has 0 saturated carbocycles. The van der Waals surface area contributed by atoms with Crippen molar-refractivity contribution in [2.45, 2.75) is 45.1 Å². The molecule has 0 aromatic heterocycles. The van der Waals surface area contributed by atoms with Gasteiger partial charge in [0.25, 0.3) is 0 Å². The maximum atomic E-state index is 5.75. The van der Waals surface area contributed by atoms with Gasteiger partial charge in [-0.1, -0.05) is 18.6 Å². The lowest BCUT2D eigenvalue weighted by Gasteiger charge is -2.34. The highest BCUT2D eigenvalue weighted by molar-refractivity contribution is 5.09. The summed E-state index contributed by atoms with van der Waals surface area (Å²) >= 11 is 0. The molecule has 0 aliphatic carbocycles. The molecule has 1 aliphatic heterocycles. The largest absolute Gasteiger partial charge is 0.375 e. The van der Waals surface area contributed by atoms with Crippen molar-refractivity contribution in [3.8, 4) is 0 Å². The predicted molar refractivity (Wildman–Crippen MR) is 55.6 cm³/mol. The van der Waals surface area contributed by atoms with E-state index in [-0.39, 0.29) is 5.60 Å². The fraction of sp³-hybridized carbons (Fsp3) is 0.818. The summed E-state index contributed by atoms with van der Waals surface area (Å²) in [4.78, 5) is 0. The number of nitrogens with two attached hydrogens (primary N) is 1. The lowest BCUT2D eigenvalue weighted by atomic mass is 9.89. The first-order chi connectivity index (χ1) is 6.20. The molecule has 2 heteroatoms. The van der Waals surface area contributed by atoms with Gasteiger partial charge in [-0.15, -0.1) is 0 Å². The van der Waals surface area contributed by atoms with Gasteiger partial charge in [0, 0.05) is 0 Å². The Hall–Kier alpha value is -0.340. The van der Waals surface area contributed by atoms with Crippen LogP contribution in [-0.2, 0) is 4.74 Å². The smallest absolute Gasteiger partial charge is 0.0689 e. The molecule has 1 fully saturated rings. The topological polar surface area (TPSA) is 35.2 Å². The highest BCUT2D eigenvalue weighted by atomic mass is 16.5. The van der Waals surface area contributed by atoms with Crippen molar-refractivity contribution in [3.63, 3.8) is 0 Å². The van der Waals surface area contributed by atoms with E-state index in [4.69, 9.17) is 10.5 Å². The molecule has 1 atom stereocenters. The molecule has 76 valence electrons. The van der Waals surface area contributed by atoms with Gasteiger partial charge in [-0.3, -0.25) is 0 Å². The second kappa shape index (κ2) is 4.77. The van der Waals surface area contributed by atoms with E-state index in [1.807, 2.05) is 0 Å². The Morgan fingerprint density at radius 1 is 1.62 bits per heavy atom. The number of hydrogen-bond acceptors (Lipinski definition) is 2. The van der Waals surface area contributed by atoms with Crippen LogP contribution < -0.4 is 5.73 Å². The van der Waals surface area contributed by atoms with E-state index in [0.29, 0.717) is 0 Å². The molecule has 13 heavy (non-hydrogen) atoms. The van der Waals surface area contributed by atoms with Crippen LogP contribution >= 0.6 is 0 Å². The predicted octanol–water partition coefficient (Wildman–Crippen LogP) is 2.24. The van der Waals surface area contributed by atoms with Crippen molar-refractivity contribution in [1.82, 2.24) is 0 Å². The number of hydrogen-bond donors (Lipinski definition) is 1. The van der Waals surface area contributed by atoms with Crippen LogP contribution in [0.4, 0.5) is 0 Å². The van der Waals surface area contributed by atoms with Crippen LogP contribution in [0.2, 0.25) is 0 Å². The van der Waals surface area contributed by atoms with Crippen molar-refractivity contribution in [3.05, 3.63) is 11.6 Å².